The van der Waals surface area contributed by atoms with E-state index in [2.05, 4.69) is 0 Å². The molecule has 6 N–H and O–H groups in total. The van der Waals surface area contributed by atoms with Crippen molar-refractivity contribution < 1.29 is 30.6 Å². The van der Waals surface area contributed by atoms with Crippen LogP contribution >= 0.6 is 0 Å². The van der Waals surface area contributed by atoms with Crippen LogP contribution in [0.15, 0.2) is 0 Å². The van der Waals surface area contributed by atoms with Crippen molar-refractivity contribution in [2.75, 3.05) is 0 Å². The molecular formula is C6H10O6. The largest absolute Gasteiger partial charge is 0.387 e. The average Bonchev–Trinajstić information content (AvgIpc) is 2.12. The number of aliphatic hydroxyl groups is 6. The van der Waals surface area contributed by atoms with Gasteiger partial charge in [-0.05, 0) is 0 Å². The summed E-state index contributed by atoms with van der Waals surface area (Å²) in [6, 6.07) is 0. The SMILES string of the molecule is O[14C][14C@@H](O)[14C@H](O)[14C@@H](O)[14C@H](O)[14C]O. The van der Waals surface area contributed by atoms with E-state index in [9.17, 15) is 0 Å². The summed E-state index contributed by atoms with van der Waals surface area (Å²) in [4.78, 5) is 0. The monoisotopic (exact) mass is 190 g/mol. The third kappa shape index (κ3) is 3.02. The van der Waals surface area contributed by atoms with Gasteiger partial charge in [0.15, 0.2) is 13.2 Å². The van der Waals surface area contributed by atoms with E-state index in [1.807, 2.05) is 0 Å². The summed E-state index contributed by atoms with van der Waals surface area (Å²) in [5, 5.41) is 51.2. The summed E-state index contributed by atoms with van der Waals surface area (Å²) in [5.74, 6) is 0. The maximum absolute atomic E-state index is 8.85. The first-order chi connectivity index (χ1) is 5.54. The van der Waals surface area contributed by atoms with Crippen molar-refractivity contribution in [1.29, 1.82) is 0 Å². The zero-order valence-corrected chi connectivity index (χ0v) is 5.99. The lowest BCUT2D eigenvalue weighted by atomic mass is 12.0. The standard InChI is InChI=1S/C6H10O6/c7-1-3(9)5(11)6(12)4(10)2-8/h3-12H/t3-,4-,5+,6+/m1/s1/i1+2,2+2,3+2,4+2,5+2,6+2. The molecule has 0 spiro atoms. The molecule has 0 aliphatic heterocycles. The minimum absolute atomic E-state index is 1.25. The third-order valence-electron chi connectivity index (χ3n) is 1.26. The molecule has 0 aliphatic carbocycles. The van der Waals surface area contributed by atoms with Gasteiger partial charge in [-0.25, -0.2) is 0 Å². The van der Waals surface area contributed by atoms with E-state index in [0.717, 1.165) is 0 Å². The summed E-state index contributed by atoms with van der Waals surface area (Å²) in [6.45, 7) is 2.50. The molecule has 0 bridgehead atoms. The highest BCUT2D eigenvalue weighted by atomic mass is 16.9. The first-order valence-electron chi connectivity index (χ1n) is 3.06. The highest BCUT2D eigenvalue weighted by molar-refractivity contribution is 4.86. The molecule has 0 saturated heterocycles. The van der Waals surface area contributed by atoms with E-state index >= 15 is 0 Å². The Bertz CT molecular complexity index is 105. The molecule has 0 aromatic heterocycles. The van der Waals surface area contributed by atoms with Gasteiger partial charge in [-0.2, -0.15) is 0 Å². The number of aliphatic hydroxyl groups excluding tert-OH is 6. The molecule has 0 aromatic carbocycles. The zero-order chi connectivity index (χ0) is 9.72. The second kappa shape index (κ2) is 5.41. The van der Waals surface area contributed by atoms with Crippen molar-refractivity contribution in [1.82, 2.24) is 0 Å². The molecule has 4 atom stereocenters. The van der Waals surface area contributed by atoms with Crippen LogP contribution in [0.25, 0.3) is 0 Å². The molecule has 0 saturated carbocycles. The number of hydrogen-bond donors (Lipinski definition) is 6. The van der Waals surface area contributed by atoms with Crippen LogP contribution in [-0.4, -0.2) is 55.1 Å². The van der Waals surface area contributed by atoms with Gasteiger partial charge >= 0.3 is 0 Å². The Morgan fingerprint density at radius 1 is 0.667 bits per heavy atom. The Morgan fingerprint density at radius 2 is 0.917 bits per heavy atom. The molecule has 0 amide bonds. The molecular weight excluding hydrogens is 180 g/mol. The normalized spacial score (nSPS) is 21.5. The minimum atomic E-state index is -1.84. The Balaban J connectivity index is 3.99. The van der Waals surface area contributed by atoms with Crippen molar-refractivity contribution in [2.24, 2.45) is 0 Å². The van der Waals surface area contributed by atoms with E-state index in [-0.39, 0.29) is 0 Å². The van der Waals surface area contributed by atoms with Crippen LogP contribution in [0.5, 0.6) is 0 Å². The Labute approximate surface area is 69.3 Å². The van der Waals surface area contributed by atoms with Gasteiger partial charge in [0.2, 0.25) is 0 Å². The summed E-state index contributed by atoms with van der Waals surface area (Å²) < 4.78 is 0. The molecule has 0 aliphatic rings. The Kier molecular flexibility index (Phi) is 5.31. The van der Waals surface area contributed by atoms with Gasteiger partial charge in [0, 0.05) is 0 Å². The summed E-state index contributed by atoms with van der Waals surface area (Å²) in [6.07, 6.45) is -7.32. The second-order valence-electron chi connectivity index (χ2n) is 2.13. The van der Waals surface area contributed by atoms with E-state index < -0.39 is 24.4 Å². The molecule has 6 heteroatoms. The third-order valence-corrected chi connectivity index (χ3v) is 1.26. The molecule has 0 heterocycles. The van der Waals surface area contributed by atoms with Crippen molar-refractivity contribution in [3.63, 3.8) is 0 Å². The predicted octanol–water partition coefficient (Wildman–Crippen LogP) is -2.75. The van der Waals surface area contributed by atoms with Gasteiger partial charge in [-0.3, -0.25) is 0 Å². The summed E-state index contributed by atoms with van der Waals surface area (Å²) >= 11 is 0. The van der Waals surface area contributed by atoms with Crippen molar-refractivity contribution in [2.45, 2.75) is 24.4 Å². The topological polar surface area (TPSA) is 121 Å². The van der Waals surface area contributed by atoms with Gasteiger partial charge in [-0.15, -0.1) is 0 Å². The fourth-order valence-corrected chi connectivity index (χ4v) is 0.526. The van der Waals surface area contributed by atoms with Gasteiger partial charge in [-0.1, -0.05) is 0 Å². The molecule has 12 heavy (non-hydrogen) atoms. The first kappa shape index (κ1) is 11.8. The van der Waals surface area contributed by atoms with E-state index in [0.29, 0.717) is 0 Å². The molecule has 6 nitrogen and oxygen atoms in total. The van der Waals surface area contributed by atoms with E-state index in [1.54, 1.807) is 0 Å². The van der Waals surface area contributed by atoms with Gasteiger partial charge < -0.3 is 30.6 Å². The lowest BCUT2D eigenvalue weighted by Crippen LogP contribution is -2.44. The Morgan fingerprint density at radius 3 is 1.08 bits per heavy atom. The highest BCUT2D eigenvalue weighted by Crippen LogP contribution is 2.07. The quantitative estimate of drug-likeness (QED) is 0.279. The summed E-state index contributed by atoms with van der Waals surface area (Å²) in [7, 11) is 0. The molecule has 0 fully saturated rings. The van der Waals surface area contributed by atoms with Crippen molar-refractivity contribution in [3.05, 3.63) is 13.2 Å². The van der Waals surface area contributed by atoms with Crippen LogP contribution in [0.4, 0.5) is 0 Å². The number of hydrogen-bond acceptors (Lipinski definition) is 6. The second-order valence-corrected chi connectivity index (χ2v) is 2.13. The van der Waals surface area contributed by atoms with Crippen LogP contribution in [0.2, 0.25) is 0 Å². The van der Waals surface area contributed by atoms with Gasteiger partial charge in [0.05, 0.1) is 0 Å². The van der Waals surface area contributed by atoms with Crippen LogP contribution in [0.1, 0.15) is 0 Å². The predicted molar refractivity (Wildman–Crippen MR) is 34.4 cm³/mol. The van der Waals surface area contributed by atoms with Gasteiger partial charge in [0.1, 0.15) is 24.4 Å². The first-order valence-corrected chi connectivity index (χ1v) is 3.06. The Hall–Kier alpha value is -0.240. The average molecular weight is 190 g/mol. The van der Waals surface area contributed by atoms with Crippen LogP contribution in [0.3, 0.4) is 0 Å². The molecule has 0 rings (SSSR count). The van der Waals surface area contributed by atoms with E-state index in [4.69, 9.17) is 30.6 Å². The van der Waals surface area contributed by atoms with Gasteiger partial charge in [0.25, 0.3) is 0 Å². The fourth-order valence-electron chi connectivity index (χ4n) is 0.526. The maximum atomic E-state index is 8.85. The smallest absolute Gasteiger partial charge is 0.162 e. The van der Waals surface area contributed by atoms with E-state index in [1.165, 1.54) is 13.2 Å². The molecule has 70 valence electrons. The minimum Gasteiger partial charge on any atom is -0.387 e. The molecule has 0 unspecified atom stereocenters. The lowest BCUT2D eigenvalue weighted by Gasteiger charge is -2.23. The summed E-state index contributed by atoms with van der Waals surface area (Å²) in [5.41, 5.74) is 0. The van der Waals surface area contributed by atoms with Crippen LogP contribution in [0, 0.1) is 13.2 Å². The molecule has 0 aromatic rings. The number of rotatable bonds is 5. The maximum Gasteiger partial charge on any atom is 0.162 e. The van der Waals surface area contributed by atoms with Crippen LogP contribution in [-0.2, 0) is 0 Å². The zero-order valence-electron chi connectivity index (χ0n) is 5.99. The van der Waals surface area contributed by atoms with Crippen molar-refractivity contribution in [3.8, 4) is 0 Å². The van der Waals surface area contributed by atoms with Crippen LogP contribution < -0.4 is 0 Å². The highest BCUT2D eigenvalue weighted by Gasteiger charge is 2.30. The fraction of sp³-hybridized carbons (Fsp3) is 0.667. The van der Waals surface area contributed by atoms with Crippen molar-refractivity contribution >= 4 is 0 Å². The molecule has 4 radical (unpaired) electrons. The lowest BCUT2D eigenvalue weighted by molar-refractivity contribution is -0.104.